The molecule has 0 saturated carbocycles. The highest BCUT2D eigenvalue weighted by Crippen LogP contribution is 2.33. The van der Waals surface area contributed by atoms with Gasteiger partial charge in [-0.1, -0.05) is 0 Å². The maximum atomic E-state index is 13.1. The van der Waals surface area contributed by atoms with E-state index in [9.17, 15) is 9.18 Å². The van der Waals surface area contributed by atoms with Gasteiger partial charge in [-0.3, -0.25) is 4.79 Å². The number of benzene rings is 1. The van der Waals surface area contributed by atoms with Crippen molar-refractivity contribution in [3.63, 3.8) is 0 Å². The van der Waals surface area contributed by atoms with E-state index < -0.39 is 0 Å². The van der Waals surface area contributed by atoms with Crippen LogP contribution in [0.4, 0.5) is 10.1 Å². The quantitative estimate of drug-likeness (QED) is 0.688. The lowest BCUT2D eigenvalue weighted by atomic mass is 10.1. The van der Waals surface area contributed by atoms with Gasteiger partial charge in [0.05, 0.1) is 19.1 Å². The van der Waals surface area contributed by atoms with E-state index in [-0.39, 0.29) is 24.3 Å². The highest BCUT2D eigenvalue weighted by Gasteiger charge is 2.35. The van der Waals surface area contributed by atoms with Crippen molar-refractivity contribution in [2.24, 2.45) is 5.10 Å². The molecule has 1 aromatic carbocycles. The van der Waals surface area contributed by atoms with Crippen LogP contribution in [0.25, 0.3) is 0 Å². The van der Waals surface area contributed by atoms with Gasteiger partial charge >= 0.3 is 0 Å². The van der Waals surface area contributed by atoms with Gasteiger partial charge in [0.15, 0.2) is 0 Å². The Hall–Kier alpha value is -3.35. The molecule has 0 radical (unpaired) electrons. The van der Waals surface area contributed by atoms with Gasteiger partial charge in [0.25, 0.3) is 5.91 Å². The number of hydrogen-bond donors (Lipinski definition) is 0. The third kappa shape index (κ3) is 3.48. The van der Waals surface area contributed by atoms with E-state index in [0.717, 1.165) is 5.69 Å². The SMILES string of the molecule is CN(CC(=O)N1N=C(c2ccco2)CC1c1ccco1)c1ccc(F)cc1. The maximum absolute atomic E-state index is 13.1. The van der Waals surface area contributed by atoms with Gasteiger partial charge in [0.2, 0.25) is 0 Å². The smallest absolute Gasteiger partial charge is 0.262 e. The van der Waals surface area contributed by atoms with Crippen molar-refractivity contribution < 1.29 is 18.0 Å². The molecule has 0 spiro atoms. The topological polar surface area (TPSA) is 62.2 Å². The third-order valence-corrected chi connectivity index (χ3v) is 4.48. The number of likely N-dealkylation sites (N-methyl/N-ethyl adjacent to an activating group) is 1. The van der Waals surface area contributed by atoms with Crippen molar-refractivity contribution in [2.75, 3.05) is 18.5 Å². The summed E-state index contributed by atoms with van der Waals surface area (Å²) in [6.07, 6.45) is 3.66. The number of hydrazone groups is 1. The van der Waals surface area contributed by atoms with Crippen molar-refractivity contribution in [1.82, 2.24) is 5.01 Å². The number of halogens is 1. The molecule has 1 aliphatic heterocycles. The second-order valence-electron chi connectivity index (χ2n) is 6.33. The zero-order valence-electron chi connectivity index (χ0n) is 14.7. The Labute approximate surface area is 155 Å². The molecule has 6 nitrogen and oxygen atoms in total. The van der Waals surface area contributed by atoms with E-state index in [4.69, 9.17) is 8.83 Å². The lowest BCUT2D eigenvalue weighted by Gasteiger charge is -2.24. The summed E-state index contributed by atoms with van der Waals surface area (Å²) in [7, 11) is 1.78. The van der Waals surface area contributed by atoms with Crippen LogP contribution in [0.1, 0.15) is 24.0 Å². The van der Waals surface area contributed by atoms with Gasteiger partial charge in [-0.25, -0.2) is 9.40 Å². The average molecular weight is 367 g/mol. The second-order valence-corrected chi connectivity index (χ2v) is 6.33. The van der Waals surface area contributed by atoms with Crippen LogP contribution in [-0.4, -0.2) is 30.2 Å². The number of rotatable bonds is 5. The zero-order chi connectivity index (χ0) is 18.8. The Balaban J connectivity index is 1.56. The second kappa shape index (κ2) is 7.11. The summed E-state index contributed by atoms with van der Waals surface area (Å²) in [5, 5.41) is 5.93. The standard InChI is InChI=1S/C20H18FN3O3/c1-23(15-8-6-14(21)7-9-15)13-20(25)24-17(19-5-3-11-27-19)12-16(22-24)18-4-2-10-26-18/h2-11,17H,12-13H2,1H3. The van der Waals surface area contributed by atoms with E-state index in [2.05, 4.69) is 5.10 Å². The van der Waals surface area contributed by atoms with Crippen LogP contribution in [0.3, 0.4) is 0 Å². The van der Waals surface area contributed by atoms with Crippen LogP contribution in [-0.2, 0) is 4.79 Å². The minimum Gasteiger partial charge on any atom is -0.467 e. The molecule has 0 N–H and O–H groups in total. The molecule has 0 bridgehead atoms. The molecular formula is C20H18FN3O3. The maximum Gasteiger partial charge on any atom is 0.262 e. The molecule has 138 valence electrons. The van der Waals surface area contributed by atoms with Gasteiger partial charge in [-0.15, -0.1) is 0 Å². The van der Waals surface area contributed by atoms with Gasteiger partial charge in [0, 0.05) is 19.2 Å². The summed E-state index contributed by atoms with van der Waals surface area (Å²) < 4.78 is 24.1. The Morgan fingerprint density at radius 1 is 1.19 bits per heavy atom. The molecule has 1 amide bonds. The fourth-order valence-electron chi connectivity index (χ4n) is 3.10. The average Bonchev–Trinajstić information content (AvgIpc) is 3.41. The number of amides is 1. The predicted molar refractivity (Wildman–Crippen MR) is 97.8 cm³/mol. The van der Waals surface area contributed by atoms with Crippen LogP contribution in [0.15, 0.2) is 75.0 Å². The van der Waals surface area contributed by atoms with Gasteiger partial charge in [-0.05, 0) is 48.5 Å². The Kier molecular flexibility index (Phi) is 4.50. The molecule has 3 heterocycles. The van der Waals surface area contributed by atoms with Crippen molar-refractivity contribution >= 4 is 17.3 Å². The first-order chi connectivity index (χ1) is 13.1. The number of nitrogens with zero attached hydrogens (tertiary/aromatic N) is 3. The summed E-state index contributed by atoms with van der Waals surface area (Å²) in [5.41, 5.74) is 1.44. The molecule has 1 unspecified atom stereocenters. The van der Waals surface area contributed by atoms with Crippen LogP contribution < -0.4 is 4.90 Å². The molecule has 3 aromatic rings. The Morgan fingerprint density at radius 3 is 2.59 bits per heavy atom. The molecule has 1 atom stereocenters. The third-order valence-electron chi connectivity index (χ3n) is 4.48. The number of hydrogen-bond acceptors (Lipinski definition) is 5. The zero-order valence-corrected chi connectivity index (χ0v) is 14.7. The first-order valence-electron chi connectivity index (χ1n) is 8.55. The fraction of sp³-hybridized carbons (Fsp3) is 0.200. The summed E-state index contributed by atoms with van der Waals surface area (Å²) in [5.74, 6) is 0.792. The lowest BCUT2D eigenvalue weighted by molar-refractivity contribution is -0.131. The van der Waals surface area contributed by atoms with E-state index in [1.165, 1.54) is 17.1 Å². The molecule has 0 aliphatic carbocycles. The molecule has 2 aromatic heterocycles. The first-order valence-corrected chi connectivity index (χ1v) is 8.55. The lowest BCUT2D eigenvalue weighted by Crippen LogP contribution is -2.36. The summed E-state index contributed by atoms with van der Waals surface area (Å²) in [6, 6.07) is 12.9. The number of anilines is 1. The van der Waals surface area contributed by atoms with Gasteiger partial charge in [-0.2, -0.15) is 5.10 Å². The summed E-state index contributed by atoms with van der Waals surface area (Å²) >= 11 is 0. The van der Waals surface area contributed by atoms with Crippen LogP contribution >= 0.6 is 0 Å². The van der Waals surface area contributed by atoms with Crippen molar-refractivity contribution in [1.29, 1.82) is 0 Å². The predicted octanol–water partition coefficient (Wildman–Crippen LogP) is 3.83. The first kappa shape index (κ1) is 17.1. The summed E-state index contributed by atoms with van der Waals surface area (Å²) in [4.78, 5) is 14.7. The van der Waals surface area contributed by atoms with E-state index in [1.807, 2.05) is 12.1 Å². The normalized spacial score (nSPS) is 16.4. The number of carbonyl (C=O) groups excluding carboxylic acids is 1. The van der Waals surface area contributed by atoms with Crippen molar-refractivity contribution in [3.8, 4) is 0 Å². The van der Waals surface area contributed by atoms with Crippen LogP contribution in [0.5, 0.6) is 0 Å². The molecule has 27 heavy (non-hydrogen) atoms. The molecule has 7 heteroatoms. The largest absolute Gasteiger partial charge is 0.467 e. The molecule has 1 aliphatic rings. The number of furan rings is 2. The fourth-order valence-corrected chi connectivity index (χ4v) is 3.10. The van der Waals surface area contributed by atoms with Crippen molar-refractivity contribution in [3.05, 3.63) is 78.4 Å². The van der Waals surface area contributed by atoms with Crippen LogP contribution in [0, 0.1) is 5.82 Å². The highest BCUT2D eigenvalue weighted by molar-refractivity contribution is 6.01. The molecular weight excluding hydrogens is 349 g/mol. The van der Waals surface area contributed by atoms with Gasteiger partial charge in [0.1, 0.15) is 29.1 Å². The number of carbonyl (C=O) groups is 1. The van der Waals surface area contributed by atoms with Gasteiger partial charge < -0.3 is 13.7 Å². The Morgan fingerprint density at radius 2 is 1.93 bits per heavy atom. The van der Waals surface area contributed by atoms with Crippen molar-refractivity contribution in [2.45, 2.75) is 12.5 Å². The molecule has 0 fully saturated rings. The monoisotopic (exact) mass is 367 g/mol. The van der Waals surface area contributed by atoms with E-state index in [1.54, 1.807) is 48.7 Å². The van der Waals surface area contributed by atoms with E-state index in [0.29, 0.717) is 23.7 Å². The molecule has 4 rings (SSSR count). The van der Waals surface area contributed by atoms with Crippen LogP contribution in [0.2, 0.25) is 0 Å². The minimum absolute atomic E-state index is 0.0950. The Bertz CT molecular complexity index is 934. The summed E-state index contributed by atoms with van der Waals surface area (Å²) in [6.45, 7) is 0.0950. The molecule has 0 saturated heterocycles. The highest BCUT2D eigenvalue weighted by atomic mass is 19.1. The van der Waals surface area contributed by atoms with E-state index >= 15 is 0 Å². The minimum atomic E-state index is -0.325.